The Morgan fingerprint density at radius 1 is 1.50 bits per heavy atom. The van der Waals surface area contributed by atoms with Crippen LogP contribution in [0.5, 0.6) is 0 Å². The molecule has 0 aliphatic carbocycles. The lowest BCUT2D eigenvalue weighted by Gasteiger charge is -2.12. The second-order valence-corrected chi connectivity index (χ2v) is 6.63. The van der Waals surface area contributed by atoms with Gasteiger partial charge in [0.1, 0.15) is 0 Å². The summed E-state index contributed by atoms with van der Waals surface area (Å²) in [5, 5.41) is 8.02. The zero-order valence-corrected chi connectivity index (χ0v) is 13.5. The lowest BCUT2D eigenvalue weighted by Crippen LogP contribution is -2.22. The molecule has 2 rings (SSSR count). The molecule has 0 bridgehead atoms. The summed E-state index contributed by atoms with van der Waals surface area (Å²) in [7, 11) is 3.26. The number of hydrogen-bond acceptors (Lipinski definition) is 7. The first-order chi connectivity index (χ1) is 9.58. The summed E-state index contributed by atoms with van der Waals surface area (Å²) in [6, 6.07) is 3.86. The lowest BCUT2D eigenvalue weighted by atomic mass is 10.4. The molecule has 0 aromatic carbocycles. The molecule has 0 amide bonds. The van der Waals surface area contributed by atoms with Gasteiger partial charge in [-0.3, -0.25) is 9.69 Å². The Labute approximate surface area is 128 Å². The number of ether oxygens (including phenoxy) is 1. The maximum Gasteiger partial charge on any atom is 0.306 e. The first-order valence-electron chi connectivity index (χ1n) is 5.92. The van der Waals surface area contributed by atoms with Gasteiger partial charge >= 0.3 is 5.97 Å². The van der Waals surface area contributed by atoms with Crippen LogP contribution in [0.3, 0.4) is 0 Å². The second kappa shape index (κ2) is 6.96. The molecule has 0 fully saturated rings. The molecule has 2 aromatic rings. The average molecular weight is 360 g/mol. The van der Waals surface area contributed by atoms with Gasteiger partial charge in [-0.05, 0) is 35.1 Å². The van der Waals surface area contributed by atoms with Gasteiger partial charge in [0.05, 0.1) is 28.7 Å². The average Bonchev–Trinajstić information content (AvgIpc) is 3.05. The Morgan fingerprint density at radius 3 is 2.95 bits per heavy atom. The Kier molecular flexibility index (Phi) is 5.27. The van der Waals surface area contributed by atoms with Gasteiger partial charge in [0.25, 0.3) is 5.89 Å². The minimum Gasteiger partial charge on any atom is -0.469 e. The largest absolute Gasteiger partial charge is 0.469 e. The van der Waals surface area contributed by atoms with E-state index in [4.69, 9.17) is 4.42 Å². The number of rotatable bonds is 6. The van der Waals surface area contributed by atoms with E-state index >= 15 is 0 Å². The van der Waals surface area contributed by atoms with Crippen molar-refractivity contribution in [3.05, 3.63) is 21.8 Å². The van der Waals surface area contributed by atoms with Crippen molar-refractivity contribution in [3.8, 4) is 10.8 Å². The lowest BCUT2D eigenvalue weighted by molar-refractivity contribution is -0.140. The fourth-order valence-corrected chi connectivity index (χ4v) is 2.85. The van der Waals surface area contributed by atoms with E-state index in [1.807, 2.05) is 24.1 Å². The van der Waals surface area contributed by atoms with Crippen LogP contribution in [-0.2, 0) is 16.1 Å². The molecular weight excluding hydrogens is 346 g/mol. The standard InChI is InChI=1S/C12H14BrN3O3S/c1-16(6-5-11(17)18-2)7-10-14-15-12(19-10)8-3-4-9(13)20-8/h3-4H,5-7H2,1-2H3. The molecule has 20 heavy (non-hydrogen) atoms. The predicted octanol–water partition coefficient (Wildman–Crippen LogP) is 2.56. The van der Waals surface area contributed by atoms with Gasteiger partial charge in [0.15, 0.2) is 0 Å². The molecule has 6 nitrogen and oxygen atoms in total. The number of nitrogens with zero attached hydrogens (tertiary/aromatic N) is 3. The zero-order valence-electron chi connectivity index (χ0n) is 11.1. The molecule has 0 aliphatic rings. The molecule has 8 heteroatoms. The first kappa shape index (κ1) is 15.1. The summed E-state index contributed by atoms with van der Waals surface area (Å²) in [5.41, 5.74) is 0. The van der Waals surface area contributed by atoms with Crippen LogP contribution in [0, 0.1) is 0 Å². The van der Waals surface area contributed by atoms with Crippen LogP contribution in [0.15, 0.2) is 20.3 Å². The third-order valence-corrected chi connectivity index (χ3v) is 4.19. The SMILES string of the molecule is COC(=O)CCN(C)Cc1nnc(-c2ccc(Br)s2)o1. The van der Waals surface area contributed by atoms with Crippen LogP contribution < -0.4 is 0 Å². The number of carbonyl (C=O) groups is 1. The summed E-state index contributed by atoms with van der Waals surface area (Å²) in [6.45, 7) is 1.07. The van der Waals surface area contributed by atoms with E-state index < -0.39 is 0 Å². The highest BCUT2D eigenvalue weighted by Gasteiger charge is 2.13. The highest BCUT2D eigenvalue weighted by molar-refractivity contribution is 9.11. The van der Waals surface area contributed by atoms with Crippen LogP contribution >= 0.6 is 27.3 Å². The van der Waals surface area contributed by atoms with Crippen molar-refractivity contribution >= 4 is 33.2 Å². The van der Waals surface area contributed by atoms with E-state index in [2.05, 4.69) is 30.9 Å². The quantitative estimate of drug-likeness (QED) is 0.738. The number of hydrogen-bond donors (Lipinski definition) is 0. The number of thiophene rings is 1. The van der Waals surface area contributed by atoms with E-state index in [0.29, 0.717) is 31.3 Å². The molecule has 0 radical (unpaired) electrons. The molecule has 2 heterocycles. The molecule has 2 aromatic heterocycles. The second-order valence-electron chi connectivity index (χ2n) is 4.17. The van der Waals surface area contributed by atoms with Gasteiger partial charge in [0, 0.05) is 6.54 Å². The topological polar surface area (TPSA) is 68.5 Å². The van der Waals surface area contributed by atoms with E-state index in [-0.39, 0.29) is 5.97 Å². The molecule has 0 saturated carbocycles. The van der Waals surface area contributed by atoms with Crippen LogP contribution in [-0.4, -0.2) is 41.8 Å². The van der Waals surface area contributed by atoms with Crippen molar-refractivity contribution in [2.75, 3.05) is 20.7 Å². The molecule has 0 unspecified atom stereocenters. The molecule has 108 valence electrons. The number of carbonyl (C=O) groups excluding carboxylic acids is 1. The van der Waals surface area contributed by atoms with Gasteiger partial charge in [0.2, 0.25) is 5.89 Å². The number of esters is 1. The Morgan fingerprint density at radius 2 is 2.30 bits per heavy atom. The first-order valence-corrected chi connectivity index (χ1v) is 7.53. The Hall–Kier alpha value is -1.25. The molecule has 0 atom stereocenters. The summed E-state index contributed by atoms with van der Waals surface area (Å²) in [5.74, 6) is 0.806. The fraction of sp³-hybridized carbons (Fsp3) is 0.417. The maximum absolute atomic E-state index is 11.1. The number of halogens is 1. The molecule has 0 spiro atoms. The highest BCUT2D eigenvalue weighted by Crippen LogP contribution is 2.30. The van der Waals surface area contributed by atoms with E-state index in [0.717, 1.165) is 8.66 Å². The van der Waals surface area contributed by atoms with Crippen molar-refractivity contribution in [2.45, 2.75) is 13.0 Å². The third kappa shape index (κ3) is 4.12. The summed E-state index contributed by atoms with van der Waals surface area (Å²) in [4.78, 5) is 13.9. The van der Waals surface area contributed by atoms with Crippen LogP contribution in [0.4, 0.5) is 0 Å². The van der Waals surface area contributed by atoms with Gasteiger partial charge in [-0.25, -0.2) is 0 Å². The number of methoxy groups -OCH3 is 1. The summed E-state index contributed by atoms with van der Waals surface area (Å²) >= 11 is 4.93. The highest BCUT2D eigenvalue weighted by atomic mass is 79.9. The molecule has 0 aliphatic heterocycles. The van der Waals surface area contributed by atoms with Gasteiger partial charge in [-0.15, -0.1) is 21.5 Å². The van der Waals surface area contributed by atoms with Gasteiger partial charge < -0.3 is 9.15 Å². The van der Waals surface area contributed by atoms with Crippen molar-refractivity contribution in [1.82, 2.24) is 15.1 Å². The van der Waals surface area contributed by atoms with E-state index in [1.54, 1.807) is 0 Å². The fourth-order valence-electron chi connectivity index (χ4n) is 1.54. The van der Waals surface area contributed by atoms with Crippen LogP contribution in [0.25, 0.3) is 10.8 Å². The van der Waals surface area contributed by atoms with Crippen molar-refractivity contribution in [1.29, 1.82) is 0 Å². The maximum atomic E-state index is 11.1. The van der Waals surface area contributed by atoms with E-state index in [9.17, 15) is 4.79 Å². The zero-order chi connectivity index (χ0) is 14.5. The molecule has 0 saturated heterocycles. The minimum atomic E-state index is -0.230. The van der Waals surface area contributed by atoms with E-state index in [1.165, 1.54) is 18.4 Å². The predicted molar refractivity (Wildman–Crippen MR) is 78.3 cm³/mol. The Balaban J connectivity index is 1.91. The monoisotopic (exact) mass is 359 g/mol. The summed E-state index contributed by atoms with van der Waals surface area (Å²) < 4.78 is 11.2. The van der Waals surface area contributed by atoms with Gasteiger partial charge in [-0.2, -0.15) is 0 Å². The van der Waals surface area contributed by atoms with Crippen molar-refractivity contribution in [2.24, 2.45) is 0 Å². The molecule has 0 N–H and O–H groups in total. The van der Waals surface area contributed by atoms with Gasteiger partial charge in [-0.1, -0.05) is 0 Å². The molecular formula is C12H14BrN3O3S. The van der Waals surface area contributed by atoms with Crippen LogP contribution in [0.2, 0.25) is 0 Å². The minimum absolute atomic E-state index is 0.230. The third-order valence-electron chi connectivity index (χ3n) is 2.58. The van der Waals surface area contributed by atoms with Crippen LogP contribution in [0.1, 0.15) is 12.3 Å². The van der Waals surface area contributed by atoms with Crippen molar-refractivity contribution in [3.63, 3.8) is 0 Å². The smallest absolute Gasteiger partial charge is 0.306 e. The number of aromatic nitrogens is 2. The normalized spacial score (nSPS) is 11.0. The Bertz CT molecular complexity index is 584. The van der Waals surface area contributed by atoms with Crippen molar-refractivity contribution < 1.29 is 13.9 Å². The summed E-state index contributed by atoms with van der Waals surface area (Å²) in [6.07, 6.45) is 0.339.